The van der Waals surface area contributed by atoms with Crippen molar-refractivity contribution in [3.05, 3.63) is 28.0 Å². The summed E-state index contributed by atoms with van der Waals surface area (Å²) in [4.78, 5) is 18.8. The Morgan fingerprint density at radius 1 is 1.50 bits per heavy atom. The van der Waals surface area contributed by atoms with Crippen LogP contribution in [0.2, 0.25) is 0 Å². The summed E-state index contributed by atoms with van der Waals surface area (Å²) in [6, 6.07) is 1.01. The third-order valence-electron chi connectivity index (χ3n) is 3.90. The molecule has 1 atom stereocenters. The molecule has 130 valence electrons. The molecule has 1 saturated heterocycles. The van der Waals surface area contributed by atoms with Crippen LogP contribution in [0, 0.1) is 0 Å². The lowest BCUT2D eigenvalue weighted by molar-refractivity contribution is 0.0711. The molecule has 2 aromatic rings. The van der Waals surface area contributed by atoms with E-state index in [9.17, 15) is 13.2 Å². The van der Waals surface area contributed by atoms with E-state index >= 15 is 0 Å². The van der Waals surface area contributed by atoms with Gasteiger partial charge in [0.05, 0.1) is 0 Å². The van der Waals surface area contributed by atoms with Gasteiger partial charge in [0.2, 0.25) is 15.9 Å². The molecule has 2 N–H and O–H groups in total. The van der Waals surface area contributed by atoms with Crippen LogP contribution in [0.25, 0.3) is 0 Å². The zero-order valence-corrected chi connectivity index (χ0v) is 14.9. The van der Waals surface area contributed by atoms with E-state index in [-0.39, 0.29) is 27.6 Å². The van der Waals surface area contributed by atoms with Crippen molar-refractivity contribution in [1.82, 2.24) is 15.0 Å². The number of nitrogens with zero attached hydrogens (tertiary/aromatic N) is 3. The first-order chi connectivity index (χ1) is 11.3. The normalized spacial score (nSPS) is 18.5. The van der Waals surface area contributed by atoms with Crippen molar-refractivity contribution < 1.29 is 17.7 Å². The number of sulfonamides is 1. The Morgan fingerprint density at radius 3 is 2.88 bits per heavy atom. The molecule has 0 spiro atoms. The summed E-state index contributed by atoms with van der Waals surface area (Å²) in [5.41, 5.74) is 0. The summed E-state index contributed by atoms with van der Waals surface area (Å²) < 4.78 is 28.6. The van der Waals surface area contributed by atoms with Crippen molar-refractivity contribution in [3.8, 4) is 0 Å². The lowest BCUT2D eigenvalue weighted by Gasteiger charge is -2.21. The van der Waals surface area contributed by atoms with Crippen LogP contribution in [0.5, 0.6) is 0 Å². The maximum Gasteiger partial charge on any atom is 0.266 e. The summed E-state index contributed by atoms with van der Waals surface area (Å²) in [5.74, 6) is 0.726. The Bertz CT molecular complexity index is 856. The summed E-state index contributed by atoms with van der Waals surface area (Å²) in [7, 11) is -3.94. The molecule has 10 heteroatoms. The number of thiophene rings is 1. The molecule has 1 aliphatic rings. The van der Waals surface area contributed by atoms with Crippen LogP contribution >= 0.6 is 11.3 Å². The molecule has 3 heterocycles. The van der Waals surface area contributed by atoms with E-state index in [0.29, 0.717) is 24.7 Å². The number of rotatable bonds is 4. The van der Waals surface area contributed by atoms with E-state index in [1.165, 1.54) is 6.07 Å². The van der Waals surface area contributed by atoms with Gasteiger partial charge in [-0.15, -0.1) is 11.3 Å². The Hall–Kier alpha value is -1.78. The second-order valence-corrected chi connectivity index (χ2v) is 8.41. The molecule has 0 aliphatic carbocycles. The largest absolute Gasteiger partial charge is 0.337 e. The van der Waals surface area contributed by atoms with Gasteiger partial charge in [0.1, 0.15) is 15.8 Å². The maximum atomic E-state index is 12.8. The fourth-order valence-corrected chi connectivity index (χ4v) is 4.62. The molecule has 1 fully saturated rings. The van der Waals surface area contributed by atoms with Crippen LogP contribution in [0.15, 0.2) is 20.9 Å². The molecular formula is C14H18N4O4S2. The van der Waals surface area contributed by atoms with Gasteiger partial charge in [-0.25, -0.2) is 13.6 Å². The van der Waals surface area contributed by atoms with Crippen molar-refractivity contribution in [1.29, 1.82) is 0 Å². The topological polar surface area (TPSA) is 119 Å². The first-order valence-corrected chi connectivity index (χ1v) is 9.96. The van der Waals surface area contributed by atoms with Gasteiger partial charge < -0.3 is 9.42 Å². The van der Waals surface area contributed by atoms with Gasteiger partial charge >= 0.3 is 0 Å². The molecule has 8 nitrogen and oxygen atoms in total. The molecule has 0 saturated carbocycles. The van der Waals surface area contributed by atoms with Crippen LogP contribution in [-0.4, -0.2) is 35.9 Å². The van der Waals surface area contributed by atoms with E-state index in [4.69, 9.17) is 9.66 Å². The fraction of sp³-hybridized carbons (Fsp3) is 0.500. The average Bonchev–Trinajstić information content (AvgIpc) is 3.23. The second kappa shape index (κ2) is 6.26. The Morgan fingerprint density at radius 2 is 2.25 bits per heavy atom. The van der Waals surface area contributed by atoms with Crippen molar-refractivity contribution >= 4 is 27.3 Å². The number of hydrogen-bond acceptors (Lipinski definition) is 7. The van der Waals surface area contributed by atoms with E-state index in [0.717, 1.165) is 17.8 Å². The lowest BCUT2D eigenvalue weighted by Crippen LogP contribution is -2.31. The number of carbonyl (C=O) groups is 1. The smallest absolute Gasteiger partial charge is 0.266 e. The van der Waals surface area contributed by atoms with Crippen LogP contribution < -0.4 is 5.14 Å². The van der Waals surface area contributed by atoms with Gasteiger partial charge in [-0.1, -0.05) is 19.0 Å². The third kappa shape index (κ3) is 3.08. The van der Waals surface area contributed by atoms with Crippen LogP contribution in [0.1, 0.15) is 60.0 Å². The zero-order chi connectivity index (χ0) is 17.5. The minimum atomic E-state index is -3.94. The molecule has 0 radical (unpaired) electrons. The molecule has 0 aromatic carbocycles. The van der Waals surface area contributed by atoms with Crippen LogP contribution in [0.3, 0.4) is 0 Å². The molecule has 0 bridgehead atoms. The van der Waals surface area contributed by atoms with Crippen molar-refractivity contribution in [3.63, 3.8) is 0 Å². The number of hydrogen-bond donors (Lipinski definition) is 1. The zero-order valence-electron chi connectivity index (χ0n) is 13.3. The standard InChI is InChI=1S/C14H18N4O4S2/c1-8(2)12-16-13(22-17-12)9-4-3-6-18(9)14(19)11-10(5-7-23-11)24(15,20)21/h5,7-9H,3-4,6H2,1-2H3,(H2,15,20,21)/t9-/m1/s1. The SMILES string of the molecule is CC(C)c1noc([C@H]2CCCN2C(=O)c2sccc2S(N)(=O)=O)n1. The first-order valence-electron chi connectivity index (χ1n) is 7.53. The summed E-state index contributed by atoms with van der Waals surface area (Å²) in [5, 5.41) is 10.7. The van der Waals surface area contributed by atoms with Crippen LogP contribution in [0.4, 0.5) is 0 Å². The van der Waals surface area contributed by atoms with Crippen LogP contribution in [-0.2, 0) is 10.0 Å². The van der Waals surface area contributed by atoms with Gasteiger partial charge in [0.15, 0.2) is 5.82 Å². The molecule has 1 amide bonds. The average molecular weight is 370 g/mol. The predicted octanol–water partition coefficient (Wildman–Crippen LogP) is 1.88. The summed E-state index contributed by atoms with van der Waals surface area (Å²) in [6.07, 6.45) is 1.48. The Kier molecular flexibility index (Phi) is 4.45. The van der Waals surface area contributed by atoms with E-state index in [1.54, 1.807) is 10.3 Å². The quantitative estimate of drug-likeness (QED) is 0.877. The number of amides is 1. The summed E-state index contributed by atoms with van der Waals surface area (Å²) >= 11 is 1.06. The Balaban J connectivity index is 1.90. The number of primary sulfonamides is 1. The molecular weight excluding hydrogens is 352 g/mol. The highest BCUT2D eigenvalue weighted by molar-refractivity contribution is 7.89. The third-order valence-corrected chi connectivity index (χ3v) is 5.89. The lowest BCUT2D eigenvalue weighted by atomic mass is 10.2. The molecule has 3 rings (SSSR count). The van der Waals surface area contributed by atoms with Gasteiger partial charge in [-0.3, -0.25) is 4.79 Å². The monoisotopic (exact) mass is 370 g/mol. The minimum Gasteiger partial charge on any atom is -0.337 e. The van der Waals surface area contributed by atoms with Crippen molar-refractivity contribution in [2.45, 2.75) is 43.5 Å². The van der Waals surface area contributed by atoms with E-state index < -0.39 is 10.0 Å². The highest BCUT2D eigenvalue weighted by Gasteiger charge is 2.36. The molecule has 0 unspecified atom stereocenters. The minimum absolute atomic E-state index is 0.119. The van der Waals surface area contributed by atoms with E-state index in [1.807, 2.05) is 13.8 Å². The highest BCUT2D eigenvalue weighted by Crippen LogP contribution is 2.34. The number of nitrogens with two attached hydrogens (primary N) is 1. The second-order valence-electron chi connectivity index (χ2n) is 5.96. The van der Waals surface area contributed by atoms with Crippen molar-refractivity contribution in [2.75, 3.05) is 6.54 Å². The Labute approximate surface area is 143 Å². The van der Waals surface area contributed by atoms with Gasteiger partial charge in [0, 0.05) is 12.5 Å². The molecule has 24 heavy (non-hydrogen) atoms. The first kappa shape index (κ1) is 17.1. The van der Waals surface area contributed by atoms with Crippen molar-refractivity contribution in [2.24, 2.45) is 5.14 Å². The number of carbonyl (C=O) groups excluding carboxylic acids is 1. The molecule has 1 aliphatic heterocycles. The highest BCUT2D eigenvalue weighted by atomic mass is 32.2. The molecule has 2 aromatic heterocycles. The van der Waals surface area contributed by atoms with Gasteiger partial charge in [-0.2, -0.15) is 4.98 Å². The number of aromatic nitrogens is 2. The maximum absolute atomic E-state index is 12.8. The van der Waals surface area contributed by atoms with Gasteiger partial charge in [-0.05, 0) is 24.3 Å². The van der Waals surface area contributed by atoms with E-state index in [2.05, 4.69) is 10.1 Å². The predicted molar refractivity (Wildman–Crippen MR) is 87.1 cm³/mol. The van der Waals surface area contributed by atoms with Gasteiger partial charge in [0.25, 0.3) is 5.91 Å². The fourth-order valence-electron chi connectivity index (χ4n) is 2.69. The summed E-state index contributed by atoms with van der Waals surface area (Å²) in [6.45, 7) is 4.41. The number of likely N-dealkylation sites (tertiary alicyclic amines) is 1.